The summed E-state index contributed by atoms with van der Waals surface area (Å²) in [7, 11) is 0. The fourth-order valence-electron chi connectivity index (χ4n) is 3.99. The lowest BCUT2D eigenvalue weighted by Gasteiger charge is -2.05. The van der Waals surface area contributed by atoms with E-state index in [9.17, 15) is 24.6 Å². The topological polar surface area (TPSA) is 114 Å². The van der Waals surface area contributed by atoms with Crippen LogP contribution in [-0.2, 0) is 11.3 Å². The van der Waals surface area contributed by atoms with Gasteiger partial charge >= 0.3 is 0 Å². The molecule has 38 heavy (non-hydrogen) atoms. The number of nitrogens with zero attached hydrogens (tertiary/aromatic N) is 4. The average Bonchev–Trinajstić information content (AvgIpc) is 3.53. The number of nitro groups is 1. The van der Waals surface area contributed by atoms with Crippen LogP contribution < -0.4 is 5.32 Å². The van der Waals surface area contributed by atoms with Gasteiger partial charge in [-0.1, -0.05) is 41.7 Å². The zero-order chi connectivity index (χ0) is 26.6. The normalized spacial score (nSPS) is 11.3. The second kappa shape index (κ2) is 10.5. The van der Waals surface area contributed by atoms with Crippen molar-refractivity contribution < 1.29 is 14.1 Å². The first-order valence-electron chi connectivity index (χ1n) is 11.4. The highest BCUT2D eigenvalue weighted by Crippen LogP contribution is 2.31. The Kier molecular flexibility index (Phi) is 6.76. The van der Waals surface area contributed by atoms with Gasteiger partial charge in [0, 0.05) is 47.5 Å². The van der Waals surface area contributed by atoms with E-state index in [1.807, 2.05) is 41.1 Å². The average molecular weight is 524 g/mol. The number of amides is 1. The molecule has 2 heterocycles. The monoisotopic (exact) mass is 523 g/mol. The molecule has 0 bridgehead atoms. The van der Waals surface area contributed by atoms with Crippen molar-refractivity contribution in [3.05, 3.63) is 118 Å². The van der Waals surface area contributed by atoms with Gasteiger partial charge in [-0.05, 0) is 47.5 Å². The predicted molar refractivity (Wildman–Crippen MR) is 144 cm³/mol. The quantitative estimate of drug-likeness (QED) is 0.115. The van der Waals surface area contributed by atoms with Gasteiger partial charge in [-0.2, -0.15) is 5.26 Å². The number of nitrogens with one attached hydrogen (secondary N) is 1. The Balaban J connectivity index is 1.38. The molecule has 0 aliphatic carbocycles. The summed E-state index contributed by atoms with van der Waals surface area (Å²) in [6.07, 6.45) is 4.94. The van der Waals surface area contributed by atoms with Gasteiger partial charge in [0.05, 0.1) is 9.80 Å². The van der Waals surface area contributed by atoms with Crippen molar-refractivity contribution >= 4 is 45.0 Å². The Labute approximate surface area is 220 Å². The van der Waals surface area contributed by atoms with Crippen LogP contribution in [0.2, 0.25) is 0 Å². The lowest BCUT2D eigenvalue weighted by Crippen LogP contribution is -2.13. The second-order valence-electron chi connectivity index (χ2n) is 8.31. The maximum atomic E-state index is 13.3. The molecule has 5 rings (SSSR count). The van der Waals surface area contributed by atoms with Gasteiger partial charge < -0.3 is 4.57 Å². The molecule has 10 heteroatoms. The third-order valence-corrected chi connectivity index (χ3v) is 6.80. The van der Waals surface area contributed by atoms with Crippen LogP contribution >= 0.6 is 11.3 Å². The van der Waals surface area contributed by atoms with Gasteiger partial charge in [0.25, 0.3) is 11.6 Å². The Bertz CT molecular complexity index is 1730. The molecule has 1 N–H and O–H groups in total. The molecule has 0 unspecified atom stereocenters. The van der Waals surface area contributed by atoms with Crippen LogP contribution in [0.15, 0.2) is 90.8 Å². The molecule has 5 aromatic rings. The Morgan fingerprint density at radius 3 is 2.58 bits per heavy atom. The third-order valence-electron chi connectivity index (χ3n) is 5.84. The zero-order valence-corrected chi connectivity index (χ0v) is 20.5. The van der Waals surface area contributed by atoms with E-state index in [1.165, 1.54) is 41.7 Å². The number of fused-ring (bicyclic) bond motifs is 1. The van der Waals surface area contributed by atoms with E-state index >= 15 is 0 Å². The predicted octanol–water partition coefficient (Wildman–Crippen LogP) is 6.41. The smallest absolute Gasteiger partial charge is 0.269 e. The van der Waals surface area contributed by atoms with Gasteiger partial charge in [-0.25, -0.2) is 9.37 Å². The molecular weight excluding hydrogens is 505 g/mol. The van der Waals surface area contributed by atoms with E-state index in [0.29, 0.717) is 22.1 Å². The minimum Gasteiger partial charge on any atom is -0.342 e. The Morgan fingerprint density at radius 1 is 1.13 bits per heavy atom. The van der Waals surface area contributed by atoms with Crippen molar-refractivity contribution in [3.8, 4) is 16.5 Å². The minimum atomic E-state index is -0.604. The number of aromatic nitrogens is 2. The summed E-state index contributed by atoms with van der Waals surface area (Å²) in [5, 5.41) is 24.4. The molecule has 8 nitrogen and oxygen atoms in total. The van der Waals surface area contributed by atoms with E-state index in [4.69, 9.17) is 0 Å². The number of halogens is 1. The number of nitro benzene ring substituents is 1. The fourth-order valence-corrected chi connectivity index (χ4v) is 4.81. The number of nitriles is 1. The third kappa shape index (κ3) is 5.18. The van der Waals surface area contributed by atoms with Gasteiger partial charge in [0.1, 0.15) is 17.5 Å². The minimum absolute atomic E-state index is 0.0189. The van der Waals surface area contributed by atoms with Crippen molar-refractivity contribution in [2.45, 2.75) is 6.54 Å². The van der Waals surface area contributed by atoms with Gasteiger partial charge in [0.2, 0.25) is 0 Å². The van der Waals surface area contributed by atoms with Crippen molar-refractivity contribution in [2.75, 3.05) is 5.32 Å². The van der Waals surface area contributed by atoms with Crippen LogP contribution in [0, 0.1) is 27.3 Å². The van der Waals surface area contributed by atoms with Crippen molar-refractivity contribution in [1.29, 1.82) is 5.26 Å². The number of thiazole rings is 1. The number of carbonyl (C=O) groups excluding carboxylic acids is 1. The molecule has 0 radical (unpaired) electrons. The summed E-state index contributed by atoms with van der Waals surface area (Å²) in [6.45, 7) is 0.493. The molecule has 0 aliphatic heterocycles. The van der Waals surface area contributed by atoms with Gasteiger partial charge in [0.15, 0.2) is 5.13 Å². The summed E-state index contributed by atoms with van der Waals surface area (Å²) in [5.74, 6) is -0.910. The van der Waals surface area contributed by atoms with Crippen molar-refractivity contribution in [3.63, 3.8) is 0 Å². The highest BCUT2D eigenvalue weighted by atomic mass is 32.1. The molecule has 0 aliphatic rings. The first-order chi connectivity index (χ1) is 18.4. The number of hydrogen-bond acceptors (Lipinski definition) is 6. The standard InChI is InChI=1S/C28H18FN5O3S/c29-22-9-5-18(6-10-22)16-33-17-21(24-3-1-2-4-25(24)33)13-20(14-30)27(35)32-28-31-15-26(38-28)19-7-11-23(12-8-19)34(36)37/h1-13,15,17H,16H2,(H,31,32,35)/b20-13+. The molecular formula is C28H18FN5O3S. The fraction of sp³-hybridized carbons (Fsp3) is 0.0357. The van der Waals surface area contributed by atoms with Crippen LogP contribution in [0.4, 0.5) is 15.2 Å². The summed E-state index contributed by atoms with van der Waals surface area (Å²) in [4.78, 5) is 28.2. The number of anilines is 1. The number of non-ortho nitro benzene ring substituents is 1. The van der Waals surface area contributed by atoms with Gasteiger partial charge in [-0.15, -0.1) is 0 Å². The van der Waals surface area contributed by atoms with Crippen molar-refractivity contribution in [1.82, 2.24) is 9.55 Å². The van der Waals surface area contributed by atoms with Crippen LogP contribution in [0.25, 0.3) is 27.4 Å². The zero-order valence-electron chi connectivity index (χ0n) is 19.7. The lowest BCUT2D eigenvalue weighted by atomic mass is 10.1. The first-order valence-corrected chi connectivity index (χ1v) is 12.2. The molecule has 186 valence electrons. The molecule has 0 spiro atoms. The van der Waals surface area contributed by atoms with E-state index in [-0.39, 0.29) is 17.1 Å². The summed E-state index contributed by atoms with van der Waals surface area (Å²) >= 11 is 1.19. The van der Waals surface area contributed by atoms with E-state index in [2.05, 4.69) is 10.3 Å². The van der Waals surface area contributed by atoms with Crippen LogP contribution in [0.5, 0.6) is 0 Å². The highest BCUT2D eigenvalue weighted by molar-refractivity contribution is 7.19. The Hall–Kier alpha value is -5.14. The van der Waals surface area contributed by atoms with Crippen LogP contribution in [0.1, 0.15) is 11.1 Å². The molecule has 2 aromatic heterocycles. The number of carbonyl (C=O) groups is 1. The van der Waals surface area contributed by atoms with Crippen molar-refractivity contribution in [2.24, 2.45) is 0 Å². The number of benzene rings is 3. The van der Waals surface area contributed by atoms with Crippen LogP contribution in [0.3, 0.4) is 0 Å². The molecule has 0 atom stereocenters. The largest absolute Gasteiger partial charge is 0.342 e. The molecule has 3 aromatic carbocycles. The second-order valence-corrected chi connectivity index (χ2v) is 9.34. The van der Waals surface area contributed by atoms with E-state index in [0.717, 1.165) is 22.0 Å². The molecule has 1 amide bonds. The number of hydrogen-bond donors (Lipinski definition) is 1. The lowest BCUT2D eigenvalue weighted by molar-refractivity contribution is -0.384. The maximum Gasteiger partial charge on any atom is 0.269 e. The molecule has 0 saturated carbocycles. The summed E-state index contributed by atoms with van der Waals surface area (Å²) in [5.41, 5.74) is 3.12. The van der Waals surface area contributed by atoms with E-state index in [1.54, 1.807) is 30.5 Å². The van der Waals surface area contributed by atoms with Gasteiger partial charge in [-0.3, -0.25) is 20.2 Å². The number of para-hydroxylation sites is 1. The maximum absolute atomic E-state index is 13.3. The summed E-state index contributed by atoms with van der Waals surface area (Å²) < 4.78 is 15.3. The molecule has 0 saturated heterocycles. The van der Waals surface area contributed by atoms with Crippen LogP contribution in [-0.4, -0.2) is 20.4 Å². The number of rotatable bonds is 7. The summed E-state index contributed by atoms with van der Waals surface area (Å²) in [6, 6.07) is 21.9. The first kappa shape index (κ1) is 24.5. The Morgan fingerprint density at radius 2 is 1.87 bits per heavy atom. The SMILES string of the molecule is N#C/C(=C\c1cn(Cc2ccc(F)cc2)c2ccccc12)C(=O)Nc1ncc(-c2ccc([N+](=O)[O-])cc2)s1. The highest BCUT2D eigenvalue weighted by Gasteiger charge is 2.15. The molecule has 0 fully saturated rings. The van der Waals surface area contributed by atoms with E-state index < -0.39 is 10.8 Å².